The molecule has 1 fully saturated rings. The lowest BCUT2D eigenvalue weighted by Gasteiger charge is -2.28. The van der Waals surface area contributed by atoms with Crippen LogP contribution < -0.4 is 10.6 Å². The van der Waals surface area contributed by atoms with Crippen LogP contribution in [0.1, 0.15) is 19.8 Å². The van der Waals surface area contributed by atoms with Gasteiger partial charge in [0.2, 0.25) is 0 Å². The Morgan fingerprint density at radius 2 is 2.06 bits per heavy atom. The van der Waals surface area contributed by atoms with E-state index >= 15 is 0 Å². The molecule has 0 saturated heterocycles. The molecule has 0 spiro atoms. The molecule has 2 nitrogen and oxygen atoms in total. The van der Waals surface area contributed by atoms with Gasteiger partial charge in [-0.1, -0.05) is 12.1 Å². The fourth-order valence-corrected chi connectivity index (χ4v) is 2.08. The maximum atomic E-state index is 13.7. The lowest BCUT2D eigenvalue weighted by molar-refractivity contribution is 0.506. The zero-order chi connectivity index (χ0) is 11.6. The summed E-state index contributed by atoms with van der Waals surface area (Å²) in [5.74, 6) is -0.142. The van der Waals surface area contributed by atoms with E-state index < -0.39 is 0 Å². The Labute approximate surface area is 96.2 Å². The van der Waals surface area contributed by atoms with E-state index in [1.807, 2.05) is 12.1 Å². The summed E-state index contributed by atoms with van der Waals surface area (Å²) in [6.45, 7) is 4.46. The molecule has 0 bridgehead atoms. The molecule has 0 aromatic heterocycles. The molecular formula is C13H19FN2. The number of nitrogens with two attached hydrogens (primary N) is 1. The van der Waals surface area contributed by atoms with Gasteiger partial charge in [0.1, 0.15) is 5.82 Å². The van der Waals surface area contributed by atoms with Gasteiger partial charge in [0.25, 0.3) is 0 Å². The summed E-state index contributed by atoms with van der Waals surface area (Å²) < 4.78 is 13.7. The maximum absolute atomic E-state index is 13.7. The molecule has 2 N–H and O–H groups in total. The maximum Gasteiger partial charge on any atom is 0.146 e. The Kier molecular flexibility index (Phi) is 3.15. The summed E-state index contributed by atoms with van der Waals surface area (Å²) in [6, 6.07) is 6.96. The lowest BCUT2D eigenvalue weighted by Crippen LogP contribution is -2.34. The number of anilines is 1. The highest BCUT2D eigenvalue weighted by atomic mass is 19.1. The molecule has 16 heavy (non-hydrogen) atoms. The normalized spacial score (nSPS) is 17.2. The van der Waals surface area contributed by atoms with E-state index in [0.29, 0.717) is 12.2 Å². The van der Waals surface area contributed by atoms with E-state index in [1.54, 1.807) is 6.07 Å². The van der Waals surface area contributed by atoms with Crippen LogP contribution in [0.3, 0.4) is 0 Å². The first kappa shape index (κ1) is 11.4. The minimum absolute atomic E-state index is 0.142. The second-order valence-electron chi connectivity index (χ2n) is 4.67. The third kappa shape index (κ3) is 2.19. The fraction of sp³-hybridized carbons (Fsp3) is 0.538. The average molecular weight is 222 g/mol. The van der Waals surface area contributed by atoms with Crippen LogP contribution >= 0.6 is 0 Å². The van der Waals surface area contributed by atoms with Crippen molar-refractivity contribution in [1.82, 2.24) is 0 Å². The molecule has 0 aliphatic heterocycles. The summed E-state index contributed by atoms with van der Waals surface area (Å²) in [4.78, 5) is 2.09. The van der Waals surface area contributed by atoms with E-state index in [4.69, 9.17) is 5.73 Å². The SMILES string of the molecule is CCN(CC1(CN)CC1)c1ccccc1F. The van der Waals surface area contributed by atoms with Crippen molar-refractivity contribution >= 4 is 5.69 Å². The van der Waals surface area contributed by atoms with Crippen LogP contribution in [0.5, 0.6) is 0 Å². The predicted octanol–water partition coefficient (Wildman–Crippen LogP) is 2.39. The first-order valence-corrected chi connectivity index (χ1v) is 5.90. The molecule has 3 heteroatoms. The van der Waals surface area contributed by atoms with E-state index in [1.165, 1.54) is 18.9 Å². The second kappa shape index (κ2) is 4.42. The van der Waals surface area contributed by atoms with Crippen LogP contribution in [0.25, 0.3) is 0 Å². The molecule has 2 rings (SSSR count). The smallest absolute Gasteiger partial charge is 0.146 e. The number of hydrogen-bond donors (Lipinski definition) is 1. The Hall–Kier alpha value is -1.09. The largest absolute Gasteiger partial charge is 0.369 e. The van der Waals surface area contributed by atoms with Crippen LogP contribution in [-0.2, 0) is 0 Å². The number of halogens is 1. The molecule has 0 atom stereocenters. The number of hydrogen-bond acceptors (Lipinski definition) is 2. The van der Waals surface area contributed by atoms with Crippen molar-refractivity contribution in [2.75, 3.05) is 24.5 Å². The highest BCUT2D eigenvalue weighted by Crippen LogP contribution is 2.45. The van der Waals surface area contributed by atoms with Gasteiger partial charge in [-0.2, -0.15) is 0 Å². The molecule has 1 aliphatic carbocycles. The topological polar surface area (TPSA) is 29.3 Å². The van der Waals surface area contributed by atoms with Crippen molar-refractivity contribution in [2.24, 2.45) is 11.1 Å². The fourth-order valence-electron chi connectivity index (χ4n) is 2.08. The lowest BCUT2D eigenvalue weighted by atomic mass is 10.1. The molecule has 0 unspecified atom stereocenters. The summed E-state index contributed by atoms with van der Waals surface area (Å²) in [5.41, 5.74) is 6.71. The standard InChI is InChI=1S/C13H19FN2/c1-2-16(10-13(9-15)7-8-13)12-6-4-3-5-11(12)14/h3-6H,2,7-10,15H2,1H3. The third-order valence-electron chi connectivity index (χ3n) is 3.49. The van der Waals surface area contributed by atoms with Crippen LogP contribution in [0.2, 0.25) is 0 Å². The Morgan fingerprint density at radius 1 is 1.38 bits per heavy atom. The van der Waals surface area contributed by atoms with Crippen molar-refractivity contribution in [3.63, 3.8) is 0 Å². The minimum Gasteiger partial charge on any atom is -0.369 e. The Balaban J connectivity index is 2.14. The molecule has 0 amide bonds. The average Bonchev–Trinajstić information content (AvgIpc) is 3.08. The summed E-state index contributed by atoms with van der Waals surface area (Å²) in [5, 5.41) is 0. The first-order valence-electron chi connectivity index (χ1n) is 5.90. The molecule has 1 aromatic rings. The predicted molar refractivity (Wildman–Crippen MR) is 65.0 cm³/mol. The summed E-state index contributed by atoms with van der Waals surface area (Å²) in [6.07, 6.45) is 2.35. The van der Waals surface area contributed by atoms with Crippen LogP contribution in [0.4, 0.5) is 10.1 Å². The van der Waals surface area contributed by atoms with Crippen LogP contribution in [0.15, 0.2) is 24.3 Å². The highest BCUT2D eigenvalue weighted by Gasteiger charge is 2.42. The number of rotatable bonds is 5. The van der Waals surface area contributed by atoms with E-state index in [0.717, 1.165) is 13.1 Å². The van der Waals surface area contributed by atoms with Crippen molar-refractivity contribution in [3.8, 4) is 0 Å². The van der Waals surface area contributed by atoms with Crippen molar-refractivity contribution in [2.45, 2.75) is 19.8 Å². The van der Waals surface area contributed by atoms with E-state index in [2.05, 4.69) is 11.8 Å². The van der Waals surface area contributed by atoms with Gasteiger partial charge in [0.05, 0.1) is 5.69 Å². The zero-order valence-corrected chi connectivity index (χ0v) is 9.75. The Morgan fingerprint density at radius 3 is 2.56 bits per heavy atom. The summed E-state index contributed by atoms with van der Waals surface area (Å²) >= 11 is 0. The van der Waals surface area contributed by atoms with Gasteiger partial charge < -0.3 is 10.6 Å². The van der Waals surface area contributed by atoms with Crippen molar-refractivity contribution in [3.05, 3.63) is 30.1 Å². The number of para-hydroxylation sites is 1. The van der Waals surface area contributed by atoms with Crippen LogP contribution in [0, 0.1) is 11.2 Å². The molecule has 1 aliphatic rings. The van der Waals surface area contributed by atoms with Gasteiger partial charge in [-0.3, -0.25) is 0 Å². The van der Waals surface area contributed by atoms with Crippen molar-refractivity contribution < 1.29 is 4.39 Å². The van der Waals surface area contributed by atoms with Gasteiger partial charge in [0.15, 0.2) is 0 Å². The van der Waals surface area contributed by atoms with Crippen LogP contribution in [-0.4, -0.2) is 19.6 Å². The Bertz CT molecular complexity index is 361. The highest BCUT2D eigenvalue weighted by molar-refractivity contribution is 5.48. The molecule has 1 aromatic carbocycles. The first-order chi connectivity index (χ1) is 7.71. The minimum atomic E-state index is -0.142. The van der Waals surface area contributed by atoms with Gasteiger partial charge >= 0.3 is 0 Å². The second-order valence-corrected chi connectivity index (χ2v) is 4.67. The van der Waals surface area contributed by atoms with Gasteiger partial charge in [-0.15, -0.1) is 0 Å². The third-order valence-corrected chi connectivity index (χ3v) is 3.49. The molecule has 88 valence electrons. The zero-order valence-electron chi connectivity index (χ0n) is 9.75. The van der Waals surface area contributed by atoms with Gasteiger partial charge in [-0.05, 0) is 38.4 Å². The molecule has 0 heterocycles. The molecule has 1 saturated carbocycles. The molecule has 0 radical (unpaired) electrons. The number of nitrogens with zero attached hydrogens (tertiary/aromatic N) is 1. The summed E-state index contributed by atoms with van der Waals surface area (Å²) in [7, 11) is 0. The quantitative estimate of drug-likeness (QED) is 0.829. The van der Waals surface area contributed by atoms with Crippen molar-refractivity contribution in [1.29, 1.82) is 0 Å². The number of benzene rings is 1. The van der Waals surface area contributed by atoms with E-state index in [9.17, 15) is 4.39 Å². The van der Waals surface area contributed by atoms with Gasteiger partial charge in [0, 0.05) is 18.5 Å². The monoisotopic (exact) mass is 222 g/mol. The van der Waals surface area contributed by atoms with E-state index in [-0.39, 0.29) is 11.2 Å². The molecular weight excluding hydrogens is 203 g/mol. The van der Waals surface area contributed by atoms with Gasteiger partial charge in [-0.25, -0.2) is 4.39 Å².